The lowest BCUT2D eigenvalue weighted by atomic mass is 9.75. The molecule has 0 radical (unpaired) electrons. The Morgan fingerprint density at radius 2 is 1.93 bits per heavy atom. The van der Waals surface area contributed by atoms with Crippen molar-refractivity contribution in [3.63, 3.8) is 0 Å². The molecular formula is C22H27ClN6S. The second-order valence-corrected chi connectivity index (χ2v) is 10.3. The number of nitrogens with zero attached hydrogens (tertiary/aromatic N) is 4. The molecule has 3 aliphatic rings. The first-order chi connectivity index (χ1) is 14.4. The van der Waals surface area contributed by atoms with Crippen LogP contribution >= 0.6 is 23.4 Å². The van der Waals surface area contributed by atoms with E-state index in [0.29, 0.717) is 27.1 Å². The van der Waals surface area contributed by atoms with Crippen LogP contribution in [0.3, 0.4) is 0 Å². The topological polar surface area (TPSA) is 93.9 Å². The molecule has 2 aliphatic carbocycles. The van der Waals surface area contributed by atoms with Crippen molar-refractivity contribution in [2.75, 3.05) is 29.5 Å². The van der Waals surface area contributed by atoms with Crippen molar-refractivity contribution in [2.45, 2.75) is 55.4 Å². The molecule has 1 saturated heterocycles. The second kappa shape index (κ2) is 7.61. The number of anilines is 3. The normalized spacial score (nSPS) is 20.6. The molecule has 0 aromatic carbocycles. The Morgan fingerprint density at radius 1 is 1.17 bits per heavy atom. The van der Waals surface area contributed by atoms with Crippen molar-refractivity contribution in [3.05, 3.63) is 34.6 Å². The van der Waals surface area contributed by atoms with Gasteiger partial charge in [0.1, 0.15) is 10.8 Å². The fourth-order valence-electron chi connectivity index (χ4n) is 4.77. The minimum Gasteiger partial charge on any atom is -0.382 e. The second-order valence-electron chi connectivity index (χ2n) is 8.85. The van der Waals surface area contributed by atoms with E-state index >= 15 is 0 Å². The van der Waals surface area contributed by atoms with Crippen LogP contribution in [0.4, 0.5) is 17.5 Å². The number of hydrogen-bond acceptors (Lipinski definition) is 7. The Kier molecular flexibility index (Phi) is 5.06. The van der Waals surface area contributed by atoms with Gasteiger partial charge in [0.15, 0.2) is 11.6 Å². The highest BCUT2D eigenvalue weighted by Crippen LogP contribution is 2.52. The van der Waals surface area contributed by atoms with Gasteiger partial charge >= 0.3 is 0 Å². The molecule has 0 bridgehead atoms. The van der Waals surface area contributed by atoms with Gasteiger partial charge in [0, 0.05) is 24.2 Å². The number of hydrogen-bond donors (Lipinski definition) is 2. The molecule has 1 saturated carbocycles. The van der Waals surface area contributed by atoms with Crippen molar-refractivity contribution >= 4 is 40.8 Å². The standard InChI is InChI=1S/C22H27ClN6S/c1-13-20(28-19(25)21(27-13)30-16-5-9-26-18(24)17(16)23)29-10-7-22(8-11-29)6-4-15(12-22)14-2-3-14/h4-5,9,14H,2-3,6-8,10-12H2,1H3,(H2,24,26)(H2,25,28). The zero-order valence-corrected chi connectivity index (χ0v) is 18.8. The van der Waals surface area contributed by atoms with Crippen LogP contribution in [0.15, 0.2) is 33.8 Å². The van der Waals surface area contributed by atoms with Crippen molar-refractivity contribution in [1.29, 1.82) is 0 Å². The summed E-state index contributed by atoms with van der Waals surface area (Å²) in [6, 6.07) is 1.81. The van der Waals surface area contributed by atoms with Crippen molar-refractivity contribution < 1.29 is 0 Å². The number of halogens is 1. The number of allylic oxidation sites excluding steroid dienone is 2. The van der Waals surface area contributed by atoms with E-state index in [0.717, 1.165) is 35.4 Å². The lowest BCUT2D eigenvalue weighted by Gasteiger charge is -2.40. The predicted molar refractivity (Wildman–Crippen MR) is 123 cm³/mol. The third-order valence-corrected chi connectivity index (χ3v) is 8.29. The van der Waals surface area contributed by atoms with Gasteiger partial charge in [-0.2, -0.15) is 0 Å². The number of rotatable bonds is 4. The summed E-state index contributed by atoms with van der Waals surface area (Å²) in [5.74, 6) is 2.53. The largest absolute Gasteiger partial charge is 0.382 e. The first-order valence-electron chi connectivity index (χ1n) is 10.6. The van der Waals surface area contributed by atoms with Gasteiger partial charge in [-0.05, 0) is 62.8 Å². The Bertz CT molecular complexity index is 1010. The van der Waals surface area contributed by atoms with Gasteiger partial charge in [0.05, 0.1) is 10.7 Å². The molecule has 1 spiro atoms. The van der Waals surface area contributed by atoms with Crippen LogP contribution in [0.1, 0.15) is 44.2 Å². The highest BCUT2D eigenvalue weighted by atomic mass is 35.5. The zero-order valence-electron chi connectivity index (χ0n) is 17.2. The average Bonchev–Trinajstić information content (AvgIpc) is 3.51. The Morgan fingerprint density at radius 3 is 2.67 bits per heavy atom. The minimum atomic E-state index is 0.301. The maximum atomic E-state index is 6.29. The molecule has 4 N–H and O–H groups in total. The quantitative estimate of drug-likeness (QED) is 0.652. The van der Waals surface area contributed by atoms with E-state index in [1.54, 1.807) is 11.8 Å². The van der Waals surface area contributed by atoms with Crippen LogP contribution in [0, 0.1) is 18.3 Å². The SMILES string of the molecule is Cc1nc(Sc2ccnc(N)c2Cl)c(N)nc1N1CCC2(CC=C(C3CC3)C2)CC1. The number of nitrogen functional groups attached to an aromatic ring is 2. The third-order valence-electron chi connectivity index (χ3n) is 6.73. The van der Waals surface area contributed by atoms with Gasteiger partial charge in [-0.15, -0.1) is 0 Å². The van der Waals surface area contributed by atoms with Crippen LogP contribution in [0.2, 0.25) is 5.02 Å². The number of piperidine rings is 1. The smallest absolute Gasteiger partial charge is 0.158 e. The highest BCUT2D eigenvalue weighted by Gasteiger charge is 2.41. The molecular weight excluding hydrogens is 416 g/mol. The number of aryl methyl sites for hydroxylation is 1. The van der Waals surface area contributed by atoms with E-state index in [9.17, 15) is 0 Å². The maximum absolute atomic E-state index is 6.29. The van der Waals surface area contributed by atoms with Crippen LogP contribution in [0.5, 0.6) is 0 Å². The van der Waals surface area contributed by atoms with Gasteiger partial charge in [0.25, 0.3) is 0 Å². The van der Waals surface area contributed by atoms with Gasteiger partial charge in [0.2, 0.25) is 0 Å². The fraction of sp³-hybridized carbons (Fsp3) is 0.500. The van der Waals surface area contributed by atoms with Crippen molar-refractivity contribution in [2.24, 2.45) is 11.3 Å². The third kappa shape index (κ3) is 3.73. The van der Waals surface area contributed by atoms with Crippen molar-refractivity contribution in [3.8, 4) is 0 Å². The zero-order chi connectivity index (χ0) is 20.9. The summed E-state index contributed by atoms with van der Waals surface area (Å²) >= 11 is 7.64. The minimum absolute atomic E-state index is 0.301. The Hall–Kier alpha value is -1.99. The van der Waals surface area contributed by atoms with E-state index in [1.165, 1.54) is 50.3 Å². The molecule has 8 heteroatoms. The van der Waals surface area contributed by atoms with Gasteiger partial charge in [-0.25, -0.2) is 15.0 Å². The molecule has 1 aliphatic heterocycles. The molecule has 0 amide bonds. The molecule has 6 nitrogen and oxygen atoms in total. The molecule has 3 heterocycles. The van der Waals surface area contributed by atoms with E-state index in [1.807, 2.05) is 13.0 Å². The van der Waals surface area contributed by atoms with Crippen LogP contribution in [0.25, 0.3) is 0 Å². The maximum Gasteiger partial charge on any atom is 0.158 e. The van der Waals surface area contributed by atoms with Crippen LogP contribution in [-0.4, -0.2) is 28.0 Å². The van der Waals surface area contributed by atoms with E-state index in [4.69, 9.17) is 33.0 Å². The molecule has 2 fully saturated rings. The summed E-state index contributed by atoms with van der Waals surface area (Å²) in [5.41, 5.74) is 15.2. The Balaban J connectivity index is 1.29. The fourth-order valence-corrected chi connectivity index (χ4v) is 5.86. The molecule has 5 rings (SSSR count). The summed E-state index contributed by atoms with van der Waals surface area (Å²) in [6.07, 6.45) is 12.0. The average molecular weight is 443 g/mol. The van der Waals surface area contributed by atoms with Gasteiger partial charge in [-0.3, -0.25) is 0 Å². The lowest BCUT2D eigenvalue weighted by Crippen LogP contribution is -2.40. The number of aromatic nitrogens is 3. The Labute approximate surface area is 186 Å². The molecule has 2 aromatic rings. The van der Waals surface area contributed by atoms with E-state index < -0.39 is 0 Å². The van der Waals surface area contributed by atoms with Crippen LogP contribution < -0.4 is 16.4 Å². The van der Waals surface area contributed by atoms with E-state index in [2.05, 4.69) is 16.0 Å². The number of pyridine rings is 1. The molecule has 2 aromatic heterocycles. The molecule has 30 heavy (non-hydrogen) atoms. The summed E-state index contributed by atoms with van der Waals surface area (Å²) < 4.78 is 0. The summed E-state index contributed by atoms with van der Waals surface area (Å²) in [6.45, 7) is 4.03. The van der Waals surface area contributed by atoms with Gasteiger partial charge < -0.3 is 16.4 Å². The lowest BCUT2D eigenvalue weighted by molar-refractivity contribution is 0.231. The first kappa shape index (κ1) is 19.9. The molecule has 0 unspecified atom stereocenters. The summed E-state index contributed by atoms with van der Waals surface area (Å²) in [7, 11) is 0. The number of nitrogens with two attached hydrogens (primary N) is 2. The van der Waals surface area contributed by atoms with E-state index in [-0.39, 0.29) is 0 Å². The molecule has 0 atom stereocenters. The first-order valence-corrected chi connectivity index (χ1v) is 11.8. The van der Waals surface area contributed by atoms with Crippen LogP contribution in [-0.2, 0) is 0 Å². The van der Waals surface area contributed by atoms with Gasteiger partial charge in [-0.1, -0.05) is 35.0 Å². The highest BCUT2D eigenvalue weighted by molar-refractivity contribution is 7.99. The summed E-state index contributed by atoms with van der Waals surface area (Å²) in [4.78, 5) is 16.6. The van der Waals surface area contributed by atoms with Crippen molar-refractivity contribution in [1.82, 2.24) is 15.0 Å². The molecule has 158 valence electrons. The predicted octanol–water partition coefficient (Wildman–Crippen LogP) is 4.87. The monoisotopic (exact) mass is 442 g/mol. The summed E-state index contributed by atoms with van der Waals surface area (Å²) in [5, 5.41) is 1.06.